The molecule has 0 saturated heterocycles. The zero-order valence-corrected chi connectivity index (χ0v) is 19.7. The third-order valence-corrected chi connectivity index (χ3v) is 6.70. The van der Waals surface area contributed by atoms with Crippen molar-refractivity contribution in [2.75, 3.05) is 0 Å². The van der Waals surface area contributed by atoms with Gasteiger partial charge in [-0.2, -0.15) is 0 Å². The highest BCUT2D eigenvalue weighted by Crippen LogP contribution is 2.48. The molecule has 3 nitrogen and oxygen atoms in total. The number of aromatic nitrogens is 1. The Morgan fingerprint density at radius 1 is 1.24 bits per heavy atom. The van der Waals surface area contributed by atoms with Crippen molar-refractivity contribution in [1.82, 2.24) is 4.98 Å². The molecule has 1 aromatic heterocycles. The number of allylic oxidation sites excluding steroid dienone is 2. The largest absolute Gasteiger partial charge is 0.370 e. The van der Waals surface area contributed by atoms with E-state index < -0.39 is 0 Å². The maximum absolute atomic E-state index is 12.3. The first-order valence-corrected chi connectivity index (χ1v) is 11.3. The molecule has 0 radical (unpaired) electrons. The standard InChI is InChI=1S/C26H39NO2/c1-16(2)24-19(15-28)22(18-11-9-10-12-18)23-20(27-24)13-26(7,8)14-21(23)29-17(3)25(4,5)6/h11,15-17,21H,9-10,12-14H2,1-8H3. The van der Waals surface area contributed by atoms with Gasteiger partial charge < -0.3 is 4.74 Å². The fourth-order valence-corrected chi connectivity index (χ4v) is 4.66. The molecule has 0 bridgehead atoms. The number of fused-ring (bicyclic) bond motifs is 1. The summed E-state index contributed by atoms with van der Waals surface area (Å²) >= 11 is 0. The second-order valence-corrected chi connectivity index (χ2v) is 11.2. The molecule has 3 heteroatoms. The monoisotopic (exact) mass is 397 g/mol. The molecule has 3 rings (SSSR count). The minimum Gasteiger partial charge on any atom is -0.370 e. The topological polar surface area (TPSA) is 39.2 Å². The molecule has 29 heavy (non-hydrogen) atoms. The number of ether oxygens (including phenoxy) is 1. The third-order valence-electron chi connectivity index (χ3n) is 6.70. The predicted octanol–water partition coefficient (Wildman–Crippen LogP) is 7.05. The zero-order valence-electron chi connectivity index (χ0n) is 19.7. The molecule has 0 amide bonds. The van der Waals surface area contributed by atoms with Crippen molar-refractivity contribution in [2.45, 2.75) is 106 Å². The van der Waals surface area contributed by atoms with Crippen molar-refractivity contribution in [3.05, 3.63) is 34.2 Å². The molecule has 1 heterocycles. The molecule has 160 valence electrons. The summed E-state index contributed by atoms with van der Waals surface area (Å²) in [6, 6.07) is 0. The Morgan fingerprint density at radius 2 is 1.93 bits per heavy atom. The van der Waals surface area contributed by atoms with E-state index in [1.54, 1.807) is 0 Å². The Kier molecular flexibility index (Phi) is 6.11. The molecule has 2 aliphatic carbocycles. The summed E-state index contributed by atoms with van der Waals surface area (Å²) in [4.78, 5) is 17.4. The summed E-state index contributed by atoms with van der Waals surface area (Å²) in [5.41, 5.74) is 6.74. The van der Waals surface area contributed by atoms with E-state index in [9.17, 15) is 4.79 Å². The van der Waals surface area contributed by atoms with Crippen molar-refractivity contribution >= 4 is 11.9 Å². The number of carbonyl (C=O) groups is 1. The minimum atomic E-state index is -0.0214. The van der Waals surface area contributed by atoms with E-state index in [4.69, 9.17) is 9.72 Å². The Labute approximate surface area is 177 Å². The fraction of sp³-hybridized carbons (Fsp3) is 0.692. The molecule has 1 aromatic rings. The van der Waals surface area contributed by atoms with Gasteiger partial charge in [0.25, 0.3) is 0 Å². The molecule has 2 unspecified atom stereocenters. The number of rotatable bonds is 5. The Balaban J connectivity index is 2.24. The first-order valence-electron chi connectivity index (χ1n) is 11.3. The number of hydrogen-bond acceptors (Lipinski definition) is 3. The number of hydrogen-bond donors (Lipinski definition) is 0. The van der Waals surface area contributed by atoms with Crippen LogP contribution in [0, 0.1) is 10.8 Å². The number of aldehydes is 1. The van der Waals surface area contributed by atoms with E-state index >= 15 is 0 Å². The van der Waals surface area contributed by atoms with Crippen LogP contribution < -0.4 is 0 Å². The smallest absolute Gasteiger partial charge is 0.152 e. The minimum absolute atomic E-state index is 0.0214. The lowest BCUT2D eigenvalue weighted by molar-refractivity contribution is -0.0777. The number of pyridine rings is 1. The van der Waals surface area contributed by atoms with Crippen LogP contribution in [-0.4, -0.2) is 17.4 Å². The third kappa shape index (κ3) is 4.50. The first kappa shape index (κ1) is 22.2. The highest BCUT2D eigenvalue weighted by Gasteiger charge is 2.39. The van der Waals surface area contributed by atoms with Gasteiger partial charge in [-0.15, -0.1) is 0 Å². The summed E-state index contributed by atoms with van der Waals surface area (Å²) in [6.07, 6.45) is 8.66. The molecular weight excluding hydrogens is 358 g/mol. The summed E-state index contributed by atoms with van der Waals surface area (Å²) in [7, 11) is 0. The molecular formula is C26H39NO2. The van der Waals surface area contributed by atoms with Crippen molar-refractivity contribution in [3.8, 4) is 0 Å². The van der Waals surface area contributed by atoms with Gasteiger partial charge in [-0.25, -0.2) is 0 Å². The molecule has 0 N–H and O–H groups in total. The van der Waals surface area contributed by atoms with Crippen LogP contribution in [0.2, 0.25) is 0 Å². The van der Waals surface area contributed by atoms with E-state index in [-0.39, 0.29) is 29.0 Å². The van der Waals surface area contributed by atoms with Crippen LogP contribution >= 0.6 is 0 Å². The zero-order chi connectivity index (χ0) is 21.6. The van der Waals surface area contributed by atoms with Crippen LogP contribution in [0.1, 0.15) is 126 Å². The molecule has 0 aromatic carbocycles. The van der Waals surface area contributed by atoms with E-state index in [0.29, 0.717) is 0 Å². The van der Waals surface area contributed by atoms with Gasteiger partial charge in [-0.1, -0.05) is 54.5 Å². The van der Waals surface area contributed by atoms with Gasteiger partial charge in [0.05, 0.1) is 17.9 Å². The van der Waals surface area contributed by atoms with Crippen molar-refractivity contribution in [2.24, 2.45) is 10.8 Å². The van der Waals surface area contributed by atoms with E-state index in [2.05, 4.69) is 61.5 Å². The van der Waals surface area contributed by atoms with E-state index in [1.165, 1.54) is 11.1 Å². The van der Waals surface area contributed by atoms with Gasteiger partial charge in [0.2, 0.25) is 0 Å². The Bertz CT molecular complexity index is 811. The summed E-state index contributed by atoms with van der Waals surface area (Å²) in [5, 5.41) is 0. The summed E-state index contributed by atoms with van der Waals surface area (Å²) < 4.78 is 6.73. The van der Waals surface area contributed by atoms with Crippen LogP contribution in [0.25, 0.3) is 5.57 Å². The lowest BCUT2D eigenvalue weighted by atomic mass is 9.71. The van der Waals surface area contributed by atoms with E-state index in [1.807, 2.05) is 0 Å². The fourth-order valence-electron chi connectivity index (χ4n) is 4.66. The predicted molar refractivity (Wildman–Crippen MR) is 120 cm³/mol. The summed E-state index contributed by atoms with van der Waals surface area (Å²) in [6.45, 7) is 17.8. The molecule has 2 atom stereocenters. The average Bonchev–Trinajstić information content (AvgIpc) is 3.12. The molecule has 0 spiro atoms. The molecule has 2 aliphatic rings. The maximum Gasteiger partial charge on any atom is 0.152 e. The van der Waals surface area contributed by atoms with Crippen LogP contribution in [0.4, 0.5) is 0 Å². The van der Waals surface area contributed by atoms with Gasteiger partial charge >= 0.3 is 0 Å². The van der Waals surface area contributed by atoms with Crippen molar-refractivity contribution in [1.29, 1.82) is 0 Å². The lowest BCUT2D eigenvalue weighted by Crippen LogP contribution is -2.35. The van der Waals surface area contributed by atoms with Gasteiger partial charge in [0.15, 0.2) is 6.29 Å². The molecule has 0 aliphatic heterocycles. The molecule has 0 fully saturated rings. The van der Waals surface area contributed by atoms with Crippen molar-refractivity contribution in [3.63, 3.8) is 0 Å². The second kappa shape index (κ2) is 7.98. The van der Waals surface area contributed by atoms with Crippen LogP contribution in [0.15, 0.2) is 6.08 Å². The number of carbonyl (C=O) groups excluding carboxylic acids is 1. The van der Waals surface area contributed by atoms with Crippen LogP contribution in [-0.2, 0) is 11.2 Å². The summed E-state index contributed by atoms with van der Waals surface area (Å²) in [5.74, 6) is 0.221. The maximum atomic E-state index is 12.3. The highest BCUT2D eigenvalue weighted by molar-refractivity contribution is 5.89. The second-order valence-electron chi connectivity index (χ2n) is 11.2. The lowest BCUT2D eigenvalue weighted by Gasteiger charge is -2.41. The number of nitrogens with zero attached hydrogens (tertiary/aromatic N) is 1. The van der Waals surface area contributed by atoms with E-state index in [0.717, 1.165) is 60.9 Å². The molecule has 0 saturated carbocycles. The van der Waals surface area contributed by atoms with Crippen molar-refractivity contribution < 1.29 is 9.53 Å². The van der Waals surface area contributed by atoms with Crippen LogP contribution in [0.5, 0.6) is 0 Å². The normalized spacial score (nSPS) is 22.4. The first-order chi connectivity index (χ1) is 13.4. The van der Waals surface area contributed by atoms with Gasteiger partial charge in [-0.05, 0) is 66.9 Å². The van der Waals surface area contributed by atoms with Gasteiger partial charge in [0, 0.05) is 16.8 Å². The highest BCUT2D eigenvalue weighted by atomic mass is 16.5. The SMILES string of the molecule is CC(C)c1nc2c(c(C3=CCCC3)c1C=O)C(OC(C)C(C)(C)C)CC(C)(C)C2. The average molecular weight is 398 g/mol. The van der Waals surface area contributed by atoms with Gasteiger partial charge in [0.1, 0.15) is 0 Å². The Hall–Kier alpha value is -1.48. The van der Waals surface area contributed by atoms with Crippen LogP contribution in [0.3, 0.4) is 0 Å². The Morgan fingerprint density at radius 3 is 2.45 bits per heavy atom. The quantitative estimate of drug-likeness (QED) is 0.500. The van der Waals surface area contributed by atoms with Gasteiger partial charge in [-0.3, -0.25) is 9.78 Å².